The Hall–Kier alpha value is -1.37. The Kier molecular flexibility index (Phi) is 12.5. The van der Waals surface area contributed by atoms with Crippen LogP contribution in [0.3, 0.4) is 0 Å². The van der Waals surface area contributed by atoms with Gasteiger partial charge in [0.1, 0.15) is 0 Å². The minimum Gasteiger partial charge on any atom is -0.668 e. The highest BCUT2D eigenvalue weighted by Crippen LogP contribution is 2.52. The second kappa shape index (κ2) is 15.3. The summed E-state index contributed by atoms with van der Waals surface area (Å²) in [4.78, 5) is 16.5. The zero-order valence-electron chi connectivity index (χ0n) is 23.1. The van der Waals surface area contributed by atoms with E-state index in [-0.39, 0.29) is 23.9 Å². The fraction of sp³-hybridized carbons (Fsp3) is 0.839. The molecule has 4 N–H and O–H groups in total. The molecule has 2 aliphatic rings. The van der Waals surface area contributed by atoms with E-state index in [1.807, 2.05) is 12.1 Å². The van der Waals surface area contributed by atoms with E-state index in [9.17, 15) is 25.2 Å². The predicted octanol–water partition coefficient (Wildman–Crippen LogP) is 5.87. The summed E-state index contributed by atoms with van der Waals surface area (Å²) in [6, 6.07) is 3.93. The van der Waals surface area contributed by atoms with Crippen molar-refractivity contribution in [1.29, 1.82) is 0 Å². The molecule has 0 unspecified atom stereocenters. The number of aliphatic hydroxyl groups excluding tert-OH is 2. The average molecular weight is 519 g/mol. The molecule has 2 saturated carbocycles. The quantitative estimate of drug-likeness (QED) is 0.181. The first-order valence-electron chi connectivity index (χ1n) is 15.2. The maximum absolute atomic E-state index is 12.1. The van der Waals surface area contributed by atoms with Gasteiger partial charge in [-0.2, -0.15) is 11.9 Å². The van der Waals surface area contributed by atoms with Crippen LogP contribution in [-0.4, -0.2) is 44.2 Å². The highest BCUT2D eigenvalue weighted by molar-refractivity contribution is 5.70. The SMILES string of the molecule is CCCCCCC[C@H](O)CCCCCC[C@H](C(=O)O)[C@H](O)[C@@H]1CC[C@H]2CC[C@@H](Cc3ccc[n-]3)[C@@]2(O)C1. The van der Waals surface area contributed by atoms with E-state index in [2.05, 4.69) is 11.9 Å². The minimum absolute atomic E-state index is 0.123. The Morgan fingerprint density at radius 3 is 2.24 bits per heavy atom. The highest BCUT2D eigenvalue weighted by atomic mass is 16.4. The van der Waals surface area contributed by atoms with Crippen LogP contribution in [0.2, 0.25) is 0 Å². The molecule has 3 rings (SSSR count). The van der Waals surface area contributed by atoms with Gasteiger partial charge in [0.25, 0.3) is 0 Å². The fourth-order valence-electron chi connectivity index (χ4n) is 7.17. The van der Waals surface area contributed by atoms with Gasteiger partial charge in [0.15, 0.2) is 0 Å². The van der Waals surface area contributed by atoms with Crippen LogP contribution in [0.1, 0.15) is 122 Å². The summed E-state index contributed by atoms with van der Waals surface area (Å²) >= 11 is 0. The van der Waals surface area contributed by atoms with Crippen molar-refractivity contribution in [3.8, 4) is 0 Å². The van der Waals surface area contributed by atoms with Gasteiger partial charge < -0.3 is 25.4 Å². The Morgan fingerprint density at radius 1 is 0.973 bits per heavy atom. The molecule has 2 aliphatic carbocycles. The molecule has 7 atom stereocenters. The number of rotatable bonds is 18. The molecular formula is C31H52NO5-. The maximum atomic E-state index is 12.1. The topological polar surface area (TPSA) is 112 Å². The van der Waals surface area contributed by atoms with Crippen molar-refractivity contribution in [3.05, 3.63) is 24.0 Å². The van der Waals surface area contributed by atoms with Gasteiger partial charge in [-0.25, -0.2) is 0 Å². The number of aliphatic hydroxyl groups is 3. The third-order valence-corrected chi connectivity index (χ3v) is 9.48. The van der Waals surface area contributed by atoms with Crippen molar-refractivity contribution in [3.63, 3.8) is 0 Å². The third kappa shape index (κ3) is 8.83. The minimum atomic E-state index is -0.927. The van der Waals surface area contributed by atoms with E-state index in [4.69, 9.17) is 0 Å². The summed E-state index contributed by atoms with van der Waals surface area (Å²) in [5.41, 5.74) is 0.174. The van der Waals surface area contributed by atoms with Crippen molar-refractivity contribution in [2.45, 2.75) is 140 Å². The van der Waals surface area contributed by atoms with E-state index in [0.29, 0.717) is 12.8 Å². The van der Waals surface area contributed by atoms with Gasteiger partial charge in [0.05, 0.1) is 23.7 Å². The number of carboxylic acid groups (broad SMARTS) is 1. The van der Waals surface area contributed by atoms with Gasteiger partial charge in [-0.1, -0.05) is 76.8 Å². The van der Waals surface area contributed by atoms with Gasteiger partial charge in [-0.15, -0.1) is 0 Å². The van der Waals surface area contributed by atoms with E-state index in [1.54, 1.807) is 6.20 Å². The maximum Gasteiger partial charge on any atom is 0.309 e. The van der Waals surface area contributed by atoms with Crippen molar-refractivity contribution in [2.24, 2.45) is 23.7 Å². The normalized spacial score (nSPS) is 28.1. The lowest BCUT2D eigenvalue weighted by atomic mass is 9.66. The molecule has 0 aliphatic heterocycles. The monoisotopic (exact) mass is 518 g/mol. The van der Waals surface area contributed by atoms with Crippen LogP contribution >= 0.6 is 0 Å². The van der Waals surface area contributed by atoms with E-state index in [0.717, 1.165) is 82.7 Å². The second-order valence-corrected chi connectivity index (χ2v) is 12.1. The highest BCUT2D eigenvalue weighted by Gasteiger charge is 2.53. The lowest BCUT2D eigenvalue weighted by Gasteiger charge is -2.45. The number of unbranched alkanes of at least 4 members (excludes halogenated alkanes) is 7. The number of fused-ring (bicyclic) bond motifs is 1. The van der Waals surface area contributed by atoms with E-state index >= 15 is 0 Å². The molecule has 0 aromatic carbocycles. The molecule has 37 heavy (non-hydrogen) atoms. The van der Waals surface area contributed by atoms with Crippen molar-refractivity contribution < 1.29 is 25.2 Å². The van der Waals surface area contributed by atoms with Crippen LogP contribution in [0.25, 0.3) is 0 Å². The Bertz CT molecular complexity index is 768. The molecular weight excluding hydrogens is 466 g/mol. The van der Waals surface area contributed by atoms with Crippen LogP contribution in [0, 0.1) is 23.7 Å². The van der Waals surface area contributed by atoms with Crippen LogP contribution in [0.4, 0.5) is 0 Å². The zero-order valence-corrected chi connectivity index (χ0v) is 23.1. The molecule has 1 aromatic heterocycles. The molecule has 6 nitrogen and oxygen atoms in total. The molecule has 1 heterocycles. The lowest BCUT2D eigenvalue weighted by Crippen LogP contribution is -2.49. The van der Waals surface area contributed by atoms with Crippen LogP contribution in [0.15, 0.2) is 18.3 Å². The second-order valence-electron chi connectivity index (χ2n) is 12.1. The molecule has 0 radical (unpaired) electrons. The number of aromatic nitrogens is 1. The van der Waals surface area contributed by atoms with Gasteiger partial charge in [0.2, 0.25) is 0 Å². The first-order chi connectivity index (χ1) is 17.8. The number of nitrogens with zero attached hydrogens (tertiary/aromatic N) is 1. The molecule has 6 heteroatoms. The summed E-state index contributed by atoms with van der Waals surface area (Å²) in [6.45, 7) is 2.21. The van der Waals surface area contributed by atoms with Crippen LogP contribution in [0.5, 0.6) is 0 Å². The fourth-order valence-corrected chi connectivity index (χ4v) is 7.17. The first-order valence-corrected chi connectivity index (χ1v) is 15.2. The Morgan fingerprint density at radius 2 is 1.62 bits per heavy atom. The number of hydrogen-bond acceptors (Lipinski definition) is 4. The standard InChI is InChI=1S/C31H52NO5/c1-2-3-4-5-8-13-27(33)14-9-6-7-10-15-28(30(35)36)29(34)23-16-17-24-18-19-25(31(24,37)22-23)21-26-12-11-20-32-26/h11-12,20,23-25,27-29,33-34,37H,2-10,13-19,21-22H2,1H3,(H,35,36)/q-1/t23-,24+,25+,27+,28+,29-,31-/m1/s1. The Labute approximate surface area is 224 Å². The molecule has 0 saturated heterocycles. The summed E-state index contributed by atoms with van der Waals surface area (Å²) in [5, 5.41) is 42.9. The molecule has 0 spiro atoms. The van der Waals surface area contributed by atoms with E-state index in [1.165, 1.54) is 25.7 Å². The van der Waals surface area contributed by atoms with Gasteiger partial charge in [0, 0.05) is 0 Å². The number of carbonyl (C=O) groups is 1. The summed E-state index contributed by atoms with van der Waals surface area (Å²) in [5.74, 6) is -1.52. The summed E-state index contributed by atoms with van der Waals surface area (Å²) in [6.07, 6.45) is 17.4. The molecule has 0 amide bonds. The Balaban J connectivity index is 1.39. The van der Waals surface area contributed by atoms with Gasteiger partial charge in [-0.05, 0) is 75.5 Å². The first kappa shape index (κ1) is 30.2. The average Bonchev–Trinajstić information content (AvgIpc) is 3.50. The lowest BCUT2D eigenvalue weighted by molar-refractivity contribution is -0.152. The van der Waals surface area contributed by atoms with Crippen molar-refractivity contribution in [1.82, 2.24) is 4.98 Å². The summed E-state index contributed by atoms with van der Waals surface area (Å²) in [7, 11) is 0. The zero-order chi connectivity index (χ0) is 26.7. The van der Waals surface area contributed by atoms with Crippen molar-refractivity contribution in [2.75, 3.05) is 0 Å². The van der Waals surface area contributed by atoms with Crippen LogP contribution < -0.4 is 4.98 Å². The number of aliphatic carboxylic acids is 1. The van der Waals surface area contributed by atoms with E-state index < -0.39 is 23.6 Å². The predicted molar refractivity (Wildman–Crippen MR) is 146 cm³/mol. The third-order valence-electron chi connectivity index (χ3n) is 9.48. The largest absolute Gasteiger partial charge is 0.668 e. The molecule has 2 fully saturated rings. The number of carboxylic acids is 1. The molecule has 212 valence electrons. The number of hydrogen-bond donors (Lipinski definition) is 4. The smallest absolute Gasteiger partial charge is 0.309 e. The van der Waals surface area contributed by atoms with Crippen molar-refractivity contribution >= 4 is 5.97 Å². The van der Waals surface area contributed by atoms with Gasteiger partial charge >= 0.3 is 5.97 Å². The molecule has 0 bridgehead atoms. The van der Waals surface area contributed by atoms with Crippen LogP contribution in [-0.2, 0) is 11.2 Å². The van der Waals surface area contributed by atoms with Gasteiger partial charge in [-0.3, -0.25) is 4.79 Å². The summed E-state index contributed by atoms with van der Waals surface area (Å²) < 4.78 is 0. The molecule has 1 aromatic rings.